The highest BCUT2D eigenvalue weighted by Gasteiger charge is 1.98. The van der Waals surface area contributed by atoms with Gasteiger partial charge in [-0.2, -0.15) is 0 Å². The highest BCUT2D eigenvalue weighted by molar-refractivity contribution is 4.97. The van der Waals surface area contributed by atoms with Crippen molar-refractivity contribution in [3.63, 3.8) is 0 Å². The van der Waals surface area contributed by atoms with E-state index in [4.69, 9.17) is 10.2 Å². The van der Waals surface area contributed by atoms with Gasteiger partial charge in [-0.1, -0.05) is 0 Å². The molecule has 0 saturated heterocycles. The minimum absolute atomic E-state index is 0.414. The maximum Gasteiger partial charge on any atom is 0.103 e. The van der Waals surface area contributed by atoms with Gasteiger partial charge in [0.15, 0.2) is 0 Å². The Morgan fingerprint density at radius 1 is 1.62 bits per heavy atom. The van der Waals surface area contributed by atoms with Gasteiger partial charge in [0.25, 0.3) is 0 Å². The first-order chi connectivity index (χ1) is 6.33. The maximum absolute atomic E-state index is 5.47. The standard InChI is InChI=1S/C10H18N2O/c1-9(8-11)12-6-2-4-10-5-3-7-13-10/h3,5,7,9,12H,2,4,6,8,11H2,1H3/t9-/m0/s1. The van der Waals surface area contributed by atoms with Crippen LogP contribution in [0.1, 0.15) is 19.1 Å². The topological polar surface area (TPSA) is 51.2 Å². The second kappa shape index (κ2) is 5.78. The number of furan rings is 1. The maximum atomic E-state index is 5.47. The Morgan fingerprint density at radius 2 is 2.46 bits per heavy atom. The number of hydrogen-bond acceptors (Lipinski definition) is 3. The highest BCUT2D eigenvalue weighted by Crippen LogP contribution is 2.02. The zero-order valence-corrected chi connectivity index (χ0v) is 8.12. The lowest BCUT2D eigenvalue weighted by molar-refractivity contribution is 0.484. The minimum Gasteiger partial charge on any atom is -0.469 e. The molecule has 0 fully saturated rings. The quantitative estimate of drug-likeness (QED) is 0.649. The summed E-state index contributed by atoms with van der Waals surface area (Å²) in [7, 11) is 0. The molecular formula is C10H18N2O. The average molecular weight is 182 g/mol. The lowest BCUT2D eigenvalue weighted by Gasteiger charge is -2.09. The van der Waals surface area contributed by atoms with Crippen molar-refractivity contribution in [2.24, 2.45) is 5.73 Å². The molecule has 0 spiro atoms. The predicted molar refractivity (Wildman–Crippen MR) is 53.5 cm³/mol. The second-order valence-electron chi connectivity index (χ2n) is 3.27. The van der Waals surface area contributed by atoms with Gasteiger partial charge in [-0.15, -0.1) is 0 Å². The summed E-state index contributed by atoms with van der Waals surface area (Å²) in [6.07, 6.45) is 3.81. The molecule has 1 aromatic rings. The molecule has 0 aromatic carbocycles. The third-order valence-electron chi connectivity index (χ3n) is 2.03. The molecule has 0 amide bonds. The van der Waals surface area contributed by atoms with E-state index in [1.165, 1.54) is 0 Å². The second-order valence-corrected chi connectivity index (χ2v) is 3.27. The molecule has 1 atom stereocenters. The van der Waals surface area contributed by atoms with Crippen molar-refractivity contribution in [2.45, 2.75) is 25.8 Å². The summed E-state index contributed by atoms with van der Waals surface area (Å²) in [5.41, 5.74) is 5.47. The summed E-state index contributed by atoms with van der Waals surface area (Å²) >= 11 is 0. The van der Waals surface area contributed by atoms with E-state index >= 15 is 0 Å². The molecule has 3 heteroatoms. The van der Waals surface area contributed by atoms with Crippen LogP contribution in [-0.2, 0) is 6.42 Å². The number of nitrogens with two attached hydrogens (primary N) is 1. The molecule has 0 aliphatic carbocycles. The van der Waals surface area contributed by atoms with Crippen LogP contribution in [-0.4, -0.2) is 19.1 Å². The van der Waals surface area contributed by atoms with E-state index in [1.807, 2.05) is 12.1 Å². The van der Waals surface area contributed by atoms with E-state index in [0.29, 0.717) is 12.6 Å². The summed E-state index contributed by atoms with van der Waals surface area (Å²) in [6, 6.07) is 4.34. The molecule has 74 valence electrons. The molecule has 1 rings (SSSR count). The van der Waals surface area contributed by atoms with Crippen LogP contribution in [0.25, 0.3) is 0 Å². The Hall–Kier alpha value is -0.800. The van der Waals surface area contributed by atoms with E-state index in [9.17, 15) is 0 Å². The van der Waals surface area contributed by atoms with E-state index in [2.05, 4.69) is 12.2 Å². The fourth-order valence-electron chi connectivity index (χ4n) is 1.15. The summed E-state index contributed by atoms with van der Waals surface area (Å²) < 4.78 is 5.21. The number of rotatable bonds is 6. The van der Waals surface area contributed by atoms with E-state index in [-0.39, 0.29) is 0 Å². The zero-order chi connectivity index (χ0) is 9.52. The molecule has 0 radical (unpaired) electrons. The molecule has 0 bridgehead atoms. The van der Waals surface area contributed by atoms with Crippen molar-refractivity contribution < 1.29 is 4.42 Å². The van der Waals surface area contributed by atoms with E-state index in [1.54, 1.807) is 6.26 Å². The SMILES string of the molecule is C[C@@H](CN)NCCCc1ccco1. The molecule has 0 unspecified atom stereocenters. The van der Waals surface area contributed by atoms with E-state index in [0.717, 1.165) is 25.1 Å². The predicted octanol–water partition coefficient (Wildman–Crippen LogP) is 1.15. The summed E-state index contributed by atoms with van der Waals surface area (Å²) in [5.74, 6) is 1.06. The number of hydrogen-bond donors (Lipinski definition) is 2. The van der Waals surface area contributed by atoms with Crippen LogP contribution < -0.4 is 11.1 Å². The number of aryl methyl sites for hydroxylation is 1. The van der Waals surface area contributed by atoms with Crippen LogP contribution >= 0.6 is 0 Å². The van der Waals surface area contributed by atoms with Gasteiger partial charge >= 0.3 is 0 Å². The van der Waals surface area contributed by atoms with Crippen LogP contribution in [0.3, 0.4) is 0 Å². The zero-order valence-electron chi connectivity index (χ0n) is 8.12. The van der Waals surface area contributed by atoms with Crippen LogP contribution in [0.2, 0.25) is 0 Å². The minimum atomic E-state index is 0.414. The first-order valence-corrected chi connectivity index (χ1v) is 4.78. The Labute approximate surface area is 79.3 Å². The Morgan fingerprint density at radius 3 is 3.08 bits per heavy atom. The molecule has 0 aliphatic heterocycles. The molecule has 1 aromatic heterocycles. The molecule has 0 aliphatic rings. The van der Waals surface area contributed by atoms with Gasteiger partial charge in [0, 0.05) is 19.0 Å². The Kier molecular flexibility index (Phi) is 4.57. The summed E-state index contributed by atoms with van der Waals surface area (Å²) in [4.78, 5) is 0. The van der Waals surface area contributed by atoms with Crippen LogP contribution in [0.15, 0.2) is 22.8 Å². The Bertz CT molecular complexity index is 209. The first-order valence-electron chi connectivity index (χ1n) is 4.78. The lowest BCUT2D eigenvalue weighted by atomic mass is 10.2. The first kappa shape index (κ1) is 10.3. The average Bonchev–Trinajstić information content (AvgIpc) is 2.64. The van der Waals surface area contributed by atoms with Crippen molar-refractivity contribution in [3.8, 4) is 0 Å². The molecule has 3 N–H and O–H groups in total. The lowest BCUT2D eigenvalue weighted by Crippen LogP contribution is -2.33. The van der Waals surface area contributed by atoms with Gasteiger partial charge in [0.1, 0.15) is 5.76 Å². The van der Waals surface area contributed by atoms with Crippen molar-refractivity contribution in [3.05, 3.63) is 24.2 Å². The van der Waals surface area contributed by atoms with Crippen LogP contribution in [0.4, 0.5) is 0 Å². The van der Waals surface area contributed by atoms with Crippen molar-refractivity contribution in [2.75, 3.05) is 13.1 Å². The van der Waals surface area contributed by atoms with Gasteiger partial charge in [0.2, 0.25) is 0 Å². The Balaban J connectivity index is 2.02. The smallest absolute Gasteiger partial charge is 0.103 e. The van der Waals surface area contributed by atoms with Gasteiger partial charge in [-0.25, -0.2) is 0 Å². The summed E-state index contributed by atoms with van der Waals surface area (Å²) in [5, 5.41) is 3.33. The third-order valence-corrected chi connectivity index (χ3v) is 2.03. The van der Waals surface area contributed by atoms with Crippen molar-refractivity contribution in [1.29, 1.82) is 0 Å². The molecule has 3 nitrogen and oxygen atoms in total. The third kappa shape index (κ3) is 4.10. The summed E-state index contributed by atoms with van der Waals surface area (Å²) in [6.45, 7) is 3.78. The van der Waals surface area contributed by atoms with Crippen LogP contribution in [0, 0.1) is 0 Å². The van der Waals surface area contributed by atoms with Gasteiger partial charge in [-0.3, -0.25) is 0 Å². The fraction of sp³-hybridized carbons (Fsp3) is 0.600. The normalized spacial score (nSPS) is 13.1. The molecule has 1 heterocycles. The number of nitrogens with one attached hydrogen (secondary N) is 1. The van der Waals surface area contributed by atoms with Gasteiger partial charge < -0.3 is 15.5 Å². The van der Waals surface area contributed by atoms with Crippen LogP contribution in [0.5, 0.6) is 0 Å². The highest BCUT2D eigenvalue weighted by atomic mass is 16.3. The fourth-order valence-corrected chi connectivity index (χ4v) is 1.15. The van der Waals surface area contributed by atoms with Crippen molar-refractivity contribution >= 4 is 0 Å². The molecule has 13 heavy (non-hydrogen) atoms. The monoisotopic (exact) mass is 182 g/mol. The largest absolute Gasteiger partial charge is 0.469 e. The molecular weight excluding hydrogens is 164 g/mol. The van der Waals surface area contributed by atoms with E-state index < -0.39 is 0 Å². The van der Waals surface area contributed by atoms with Crippen molar-refractivity contribution in [1.82, 2.24) is 5.32 Å². The molecule has 0 saturated carbocycles. The van der Waals surface area contributed by atoms with Gasteiger partial charge in [-0.05, 0) is 32.0 Å². The van der Waals surface area contributed by atoms with Gasteiger partial charge in [0.05, 0.1) is 6.26 Å².